The number of non-ortho nitro benzene ring substituents is 1. The second-order valence-corrected chi connectivity index (χ2v) is 10.8. The van der Waals surface area contributed by atoms with E-state index in [0.717, 1.165) is 5.56 Å². The van der Waals surface area contributed by atoms with Crippen LogP contribution in [0, 0.1) is 33.8 Å². The van der Waals surface area contributed by atoms with E-state index in [1.54, 1.807) is 40.7 Å². The van der Waals surface area contributed by atoms with Crippen LogP contribution in [0.5, 0.6) is 0 Å². The zero-order chi connectivity index (χ0) is 30.9. The third-order valence-electron chi connectivity index (χ3n) is 7.49. The van der Waals surface area contributed by atoms with Crippen LogP contribution in [-0.2, 0) is 19.0 Å². The summed E-state index contributed by atoms with van der Waals surface area (Å²) >= 11 is 0. The van der Waals surface area contributed by atoms with Crippen LogP contribution in [-0.4, -0.2) is 40.3 Å². The molecule has 0 amide bonds. The SMILES string of the molecule is C/C=C(\OC(=O)C(C)C)[C@@H](C)[C@@H](O[C@@H](C)c1ccccc1)[C@H](C)[C@H](O)[C@@H](C)[C@H](C)OC(=O)c1ccc([N+](=O)[O-])cc1. The summed E-state index contributed by atoms with van der Waals surface area (Å²) in [6.45, 7) is 14.5. The molecule has 7 atom stereocenters. The van der Waals surface area contributed by atoms with E-state index in [1.165, 1.54) is 24.3 Å². The van der Waals surface area contributed by atoms with Gasteiger partial charge >= 0.3 is 11.9 Å². The van der Waals surface area contributed by atoms with Gasteiger partial charge in [0.05, 0.1) is 34.7 Å². The van der Waals surface area contributed by atoms with Crippen LogP contribution in [0.4, 0.5) is 5.69 Å². The van der Waals surface area contributed by atoms with E-state index < -0.39 is 41.0 Å². The molecule has 0 aromatic heterocycles. The number of aliphatic hydroxyl groups is 1. The van der Waals surface area contributed by atoms with Gasteiger partial charge in [-0.2, -0.15) is 0 Å². The molecule has 1 N–H and O–H groups in total. The number of ether oxygens (including phenoxy) is 3. The lowest BCUT2D eigenvalue weighted by molar-refractivity contribution is -0.384. The van der Waals surface area contributed by atoms with Crippen molar-refractivity contribution in [3.05, 3.63) is 87.7 Å². The Hall–Kier alpha value is -3.56. The fourth-order valence-corrected chi connectivity index (χ4v) is 4.56. The molecule has 0 saturated heterocycles. The maximum atomic E-state index is 12.7. The molecule has 2 aromatic carbocycles. The van der Waals surface area contributed by atoms with Crippen LogP contribution in [0.25, 0.3) is 0 Å². The molecule has 0 unspecified atom stereocenters. The molecule has 9 nitrogen and oxygen atoms in total. The van der Waals surface area contributed by atoms with Crippen molar-refractivity contribution < 1.29 is 33.8 Å². The molecule has 0 radical (unpaired) electrons. The highest BCUT2D eigenvalue weighted by atomic mass is 16.6. The van der Waals surface area contributed by atoms with E-state index in [-0.39, 0.29) is 35.2 Å². The lowest BCUT2D eigenvalue weighted by atomic mass is 9.81. The molecule has 2 rings (SSSR count). The molecule has 0 spiro atoms. The molecule has 9 heteroatoms. The Balaban J connectivity index is 2.25. The van der Waals surface area contributed by atoms with E-state index >= 15 is 0 Å². The summed E-state index contributed by atoms with van der Waals surface area (Å²) in [6, 6.07) is 14.9. The van der Waals surface area contributed by atoms with Crippen molar-refractivity contribution in [1.82, 2.24) is 0 Å². The molecule has 0 saturated carbocycles. The van der Waals surface area contributed by atoms with Gasteiger partial charge in [0, 0.05) is 29.9 Å². The lowest BCUT2D eigenvalue weighted by Gasteiger charge is -2.38. The number of nitrogens with zero attached hydrogens (tertiary/aromatic N) is 1. The van der Waals surface area contributed by atoms with Gasteiger partial charge in [-0.05, 0) is 44.5 Å². The predicted octanol–water partition coefficient (Wildman–Crippen LogP) is 6.66. The summed E-state index contributed by atoms with van der Waals surface area (Å²) in [5, 5.41) is 22.4. The first-order valence-corrected chi connectivity index (χ1v) is 14.0. The number of hydrogen-bond donors (Lipinski definition) is 1. The van der Waals surface area contributed by atoms with Crippen LogP contribution in [0.15, 0.2) is 66.4 Å². The monoisotopic (exact) mass is 569 g/mol. The van der Waals surface area contributed by atoms with E-state index in [9.17, 15) is 24.8 Å². The topological polar surface area (TPSA) is 125 Å². The third-order valence-corrected chi connectivity index (χ3v) is 7.49. The molecular weight excluding hydrogens is 526 g/mol. The number of allylic oxidation sites excluding steroid dienone is 1. The predicted molar refractivity (Wildman–Crippen MR) is 156 cm³/mol. The number of esters is 2. The molecule has 0 bridgehead atoms. The van der Waals surface area contributed by atoms with Crippen molar-refractivity contribution in [2.75, 3.05) is 0 Å². The van der Waals surface area contributed by atoms with E-state index in [0.29, 0.717) is 5.76 Å². The number of aliphatic hydroxyl groups excluding tert-OH is 1. The number of carbonyl (C=O) groups excluding carboxylic acids is 2. The van der Waals surface area contributed by atoms with Gasteiger partial charge in [0.25, 0.3) is 5.69 Å². The molecule has 0 aliphatic rings. The first-order chi connectivity index (χ1) is 19.3. The zero-order valence-electron chi connectivity index (χ0n) is 25.1. The van der Waals surface area contributed by atoms with Crippen molar-refractivity contribution >= 4 is 17.6 Å². The Morgan fingerprint density at radius 1 is 0.902 bits per heavy atom. The van der Waals surface area contributed by atoms with Gasteiger partial charge in [-0.1, -0.05) is 65.0 Å². The number of hydrogen-bond acceptors (Lipinski definition) is 8. The van der Waals surface area contributed by atoms with E-state index in [4.69, 9.17) is 14.2 Å². The van der Waals surface area contributed by atoms with Crippen molar-refractivity contribution in [2.45, 2.75) is 79.8 Å². The van der Waals surface area contributed by atoms with Gasteiger partial charge in [-0.3, -0.25) is 14.9 Å². The van der Waals surface area contributed by atoms with Crippen LogP contribution >= 0.6 is 0 Å². The van der Waals surface area contributed by atoms with Crippen LogP contribution in [0.2, 0.25) is 0 Å². The van der Waals surface area contributed by atoms with Gasteiger partial charge in [-0.15, -0.1) is 0 Å². The maximum Gasteiger partial charge on any atom is 0.338 e. The normalized spacial score (nSPS) is 17.1. The second kappa shape index (κ2) is 15.4. The highest BCUT2D eigenvalue weighted by Crippen LogP contribution is 2.34. The average Bonchev–Trinajstić information content (AvgIpc) is 2.97. The van der Waals surface area contributed by atoms with Gasteiger partial charge in [0.1, 0.15) is 11.9 Å². The minimum Gasteiger partial charge on any atom is -0.459 e. The van der Waals surface area contributed by atoms with Crippen molar-refractivity contribution in [3.8, 4) is 0 Å². The second-order valence-electron chi connectivity index (χ2n) is 10.8. The third kappa shape index (κ3) is 9.23. The van der Waals surface area contributed by atoms with Crippen LogP contribution in [0.1, 0.15) is 77.4 Å². The fraction of sp³-hybridized carbons (Fsp3) is 0.500. The number of rotatable bonds is 14. The first kappa shape index (κ1) is 33.6. The molecule has 2 aromatic rings. The number of carbonyl (C=O) groups is 2. The van der Waals surface area contributed by atoms with Gasteiger partial charge in [-0.25, -0.2) is 4.79 Å². The van der Waals surface area contributed by atoms with Crippen LogP contribution < -0.4 is 0 Å². The fourth-order valence-electron chi connectivity index (χ4n) is 4.56. The highest BCUT2D eigenvalue weighted by molar-refractivity contribution is 5.89. The molecule has 41 heavy (non-hydrogen) atoms. The highest BCUT2D eigenvalue weighted by Gasteiger charge is 2.38. The largest absolute Gasteiger partial charge is 0.459 e. The molecule has 224 valence electrons. The summed E-state index contributed by atoms with van der Waals surface area (Å²) in [7, 11) is 0. The van der Waals surface area contributed by atoms with Gasteiger partial charge in [0.15, 0.2) is 0 Å². The zero-order valence-corrected chi connectivity index (χ0v) is 25.1. The summed E-state index contributed by atoms with van der Waals surface area (Å²) in [4.78, 5) is 35.5. The van der Waals surface area contributed by atoms with Crippen molar-refractivity contribution in [3.63, 3.8) is 0 Å². The van der Waals surface area contributed by atoms with Crippen molar-refractivity contribution in [1.29, 1.82) is 0 Å². The Morgan fingerprint density at radius 2 is 1.49 bits per heavy atom. The lowest BCUT2D eigenvalue weighted by Crippen LogP contribution is -2.44. The van der Waals surface area contributed by atoms with E-state index in [1.807, 2.05) is 51.1 Å². The number of nitro benzene ring substituents is 1. The molecule has 0 fully saturated rings. The van der Waals surface area contributed by atoms with Crippen LogP contribution in [0.3, 0.4) is 0 Å². The standard InChI is InChI=1S/C32H43NO8/c1-9-28(41-31(35)19(2)3)21(5)30(39-24(8)25-13-11-10-12-14-25)22(6)29(34)20(4)23(7)40-32(36)26-15-17-27(18-16-26)33(37)38/h9-24,29-30,34H,1-8H3/b28-9-/t20-,21+,22+,23-,24-,29+,30+/m0/s1. The molecule has 0 heterocycles. The molecular formula is C32H43NO8. The number of benzene rings is 2. The molecule has 0 aliphatic carbocycles. The quantitative estimate of drug-likeness (QED) is 0.116. The Morgan fingerprint density at radius 3 is 2.00 bits per heavy atom. The van der Waals surface area contributed by atoms with Gasteiger partial charge in [0.2, 0.25) is 0 Å². The Labute approximate surface area is 242 Å². The average molecular weight is 570 g/mol. The van der Waals surface area contributed by atoms with Gasteiger partial charge < -0.3 is 19.3 Å². The number of nitro groups is 1. The summed E-state index contributed by atoms with van der Waals surface area (Å²) < 4.78 is 17.9. The smallest absolute Gasteiger partial charge is 0.338 e. The van der Waals surface area contributed by atoms with E-state index in [2.05, 4.69) is 0 Å². The maximum absolute atomic E-state index is 12.7. The minimum absolute atomic E-state index is 0.128. The summed E-state index contributed by atoms with van der Waals surface area (Å²) in [5.74, 6) is -2.19. The Bertz CT molecular complexity index is 1180. The first-order valence-electron chi connectivity index (χ1n) is 14.0. The minimum atomic E-state index is -0.955. The summed E-state index contributed by atoms with van der Waals surface area (Å²) in [6.07, 6.45) is -0.774. The Kier molecular flexibility index (Phi) is 12.7. The molecule has 0 aliphatic heterocycles. The van der Waals surface area contributed by atoms with Crippen molar-refractivity contribution in [2.24, 2.45) is 23.7 Å². The summed E-state index contributed by atoms with van der Waals surface area (Å²) in [5.41, 5.74) is 1.01.